The largest absolute Gasteiger partial charge is 0.394 e. The molecule has 2 aromatic heterocycles. The van der Waals surface area contributed by atoms with E-state index in [-0.39, 0.29) is 18.3 Å². The lowest BCUT2D eigenvalue weighted by Gasteiger charge is -2.44. The SMILES string of the molecule is CC(C)CCCCCCCCCCCCC(=O)NCC(=O)N[C@@H]1[C@H](O)[C@H](O)[C@H](Nc2ncnc3nc[nH]c23)O[C@@H]1[C@H](O)CO. The zero-order valence-corrected chi connectivity index (χ0v) is 26.0. The number of hydrogen-bond donors (Lipinski definition) is 8. The molecule has 2 aromatic rings. The number of aliphatic hydroxyl groups is 4. The number of anilines is 1. The lowest BCUT2D eigenvalue weighted by molar-refractivity contribution is -0.204. The van der Waals surface area contributed by atoms with E-state index in [1.54, 1.807) is 0 Å². The van der Waals surface area contributed by atoms with Gasteiger partial charge in [-0.2, -0.15) is 0 Å². The van der Waals surface area contributed by atoms with Crippen LogP contribution in [0.5, 0.6) is 0 Å². The first-order valence-electron chi connectivity index (χ1n) is 16.0. The van der Waals surface area contributed by atoms with Crippen LogP contribution >= 0.6 is 0 Å². The Morgan fingerprint density at radius 1 is 0.932 bits per heavy atom. The number of aromatic amines is 1. The second kappa shape index (κ2) is 18.8. The van der Waals surface area contributed by atoms with Gasteiger partial charge in [0.2, 0.25) is 11.8 Å². The molecule has 0 unspecified atom stereocenters. The van der Waals surface area contributed by atoms with Gasteiger partial charge in [-0.1, -0.05) is 78.1 Å². The lowest BCUT2D eigenvalue weighted by atomic mass is 9.92. The molecule has 2 amide bonds. The summed E-state index contributed by atoms with van der Waals surface area (Å²) in [4.78, 5) is 39.9. The summed E-state index contributed by atoms with van der Waals surface area (Å²) in [6, 6.07) is -1.27. The number of nitrogens with one attached hydrogen (secondary N) is 4. The Labute approximate surface area is 258 Å². The first-order chi connectivity index (χ1) is 21.2. The molecule has 1 aliphatic heterocycles. The van der Waals surface area contributed by atoms with E-state index in [2.05, 4.69) is 49.7 Å². The number of nitrogens with zero attached hydrogens (tertiary/aromatic N) is 3. The van der Waals surface area contributed by atoms with Crippen LogP contribution in [-0.4, -0.2) is 102 Å². The van der Waals surface area contributed by atoms with Crippen molar-refractivity contribution < 1.29 is 34.8 Å². The number of carbonyl (C=O) groups is 2. The standard InChI is InChI=1S/C30H51N7O7/c1-19(2)13-11-9-7-5-3-4-6-8-10-12-14-21(40)31-15-22(41)36-23-25(42)26(43)30(44-27(23)20(39)16-38)37-29-24-28(33-17-32-24)34-18-35-29/h17-20,23,25-27,30,38-39,42-43H,3-16H2,1-2H3,(H,31,40)(H,36,41)(H2,32,33,34,35,37)/t20-,23-,25+,26+,27-,30-/m1/s1. The third-order valence-electron chi connectivity index (χ3n) is 7.96. The molecule has 1 aliphatic rings. The minimum absolute atomic E-state index is 0.231. The number of aromatic nitrogens is 4. The van der Waals surface area contributed by atoms with Gasteiger partial charge in [-0.3, -0.25) is 9.59 Å². The maximum absolute atomic E-state index is 12.6. The molecule has 3 rings (SSSR count). The molecule has 0 radical (unpaired) electrons. The molecule has 1 saturated heterocycles. The van der Waals surface area contributed by atoms with Crippen LogP contribution in [0.2, 0.25) is 0 Å². The van der Waals surface area contributed by atoms with Gasteiger partial charge in [-0.25, -0.2) is 15.0 Å². The van der Waals surface area contributed by atoms with Crippen LogP contribution in [0, 0.1) is 5.92 Å². The molecular weight excluding hydrogens is 570 g/mol. The van der Waals surface area contributed by atoms with Crippen molar-refractivity contribution in [3.8, 4) is 0 Å². The minimum atomic E-state index is -1.59. The van der Waals surface area contributed by atoms with E-state index in [1.165, 1.54) is 57.6 Å². The van der Waals surface area contributed by atoms with Gasteiger partial charge in [-0.15, -0.1) is 0 Å². The first kappa shape index (κ1) is 35.6. The molecule has 0 saturated carbocycles. The number of unbranched alkanes of at least 4 members (excludes halogenated alkanes) is 9. The van der Waals surface area contributed by atoms with Crippen LogP contribution in [0.15, 0.2) is 12.7 Å². The molecule has 0 aromatic carbocycles. The van der Waals surface area contributed by atoms with Gasteiger partial charge in [0, 0.05) is 6.42 Å². The van der Waals surface area contributed by atoms with E-state index >= 15 is 0 Å². The third-order valence-corrected chi connectivity index (χ3v) is 7.96. The van der Waals surface area contributed by atoms with Gasteiger partial charge >= 0.3 is 0 Å². The van der Waals surface area contributed by atoms with Gasteiger partial charge < -0.3 is 46.1 Å². The van der Waals surface area contributed by atoms with Crippen molar-refractivity contribution in [3.05, 3.63) is 12.7 Å². The fourth-order valence-electron chi connectivity index (χ4n) is 5.41. The van der Waals surface area contributed by atoms with E-state index in [9.17, 15) is 30.0 Å². The van der Waals surface area contributed by atoms with Crippen molar-refractivity contribution in [2.75, 3.05) is 18.5 Å². The molecule has 6 atom stereocenters. The summed E-state index contributed by atoms with van der Waals surface area (Å²) in [6.45, 7) is 3.47. The Kier molecular flexibility index (Phi) is 15.2. The summed E-state index contributed by atoms with van der Waals surface area (Å²) in [5, 5.41) is 49.6. The summed E-state index contributed by atoms with van der Waals surface area (Å²) in [6.07, 6.45) is 8.79. The molecule has 0 spiro atoms. The summed E-state index contributed by atoms with van der Waals surface area (Å²) < 4.78 is 5.79. The van der Waals surface area contributed by atoms with Gasteiger partial charge in [0.05, 0.1) is 25.5 Å². The van der Waals surface area contributed by atoms with E-state index in [1.807, 2.05) is 0 Å². The number of carbonyl (C=O) groups excluding carboxylic acids is 2. The normalized spacial score (nSPS) is 22.7. The maximum Gasteiger partial charge on any atom is 0.239 e. The van der Waals surface area contributed by atoms with E-state index < -0.39 is 49.2 Å². The highest BCUT2D eigenvalue weighted by Gasteiger charge is 2.48. The van der Waals surface area contributed by atoms with Gasteiger partial charge in [-0.05, 0) is 12.3 Å². The van der Waals surface area contributed by atoms with Gasteiger partial charge in [0.25, 0.3) is 0 Å². The van der Waals surface area contributed by atoms with Crippen molar-refractivity contribution in [1.29, 1.82) is 0 Å². The average molecular weight is 622 g/mol. The summed E-state index contributed by atoms with van der Waals surface area (Å²) in [7, 11) is 0. The summed E-state index contributed by atoms with van der Waals surface area (Å²) >= 11 is 0. The Hall–Kier alpha value is -2.91. The fourth-order valence-corrected chi connectivity index (χ4v) is 5.41. The number of amides is 2. The molecule has 14 heteroatoms. The first-order valence-corrected chi connectivity index (χ1v) is 16.0. The molecule has 0 bridgehead atoms. The highest BCUT2D eigenvalue weighted by Crippen LogP contribution is 2.26. The zero-order chi connectivity index (χ0) is 31.9. The van der Waals surface area contributed by atoms with Crippen LogP contribution < -0.4 is 16.0 Å². The molecular formula is C30H51N7O7. The van der Waals surface area contributed by atoms with Crippen molar-refractivity contribution in [1.82, 2.24) is 30.6 Å². The highest BCUT2D eigenvalue weighted by molar-refractivity contribution is 5.85. The smallest absolute Gasteiger partial charge is 0.239 e. The zero-order valence-electron chi connectivity index (χ0n) is 26.0. The maximum atomic E-state index is 12.6. The van der Waals surface area contributed by atoms with Crippen molar-refractivity contribution in [2.24, 2.45) is 5.92 Å². The Morgan fingerprint density at radius 2 is 1.59 bits per heavy atom. The number of ether oxygens (including phenoxy) is 1. The predicted molar refractivity (Wildman–Crippen MR) is 164 cm³/mol. The van der Waals surface area contributed by atoms with E-state index in [0.29, 0.717) is 17.6 Å². The van der Waals surface area contributed by atoms with Crippen LogP contribution in [0.1, 0.15) is 90.9 Å². The molecule has 44 heavy (non-hydrogen) atoms. The summed E-state index contributed by atoms with van der Waals surface area (Å²) in [5.74, 6) is 0.126. The Morgan fingerprint density at radius 3 is 2.25 bits per heavy atom. The summed E-state index contributed by atoms with van der Waals surface area (Å²) in [5.41, 5.74) is 0.794. The number of hydrogen-bond acceptors (Lipinski definition) is 11. The number of fused-ring (bicyclic) bond motifs is 1. The molecule has 8 N–H and O–H groups in total. The number of aliphatic hydroxyl groups excluding tert-OH is 4. The van der Waals surface area contributed by atoms with Crippen LogP contribution in [0.3, 0.4) is 0 Å². The second-order valence-electron chi connectivity index (χ2n) is 12.1. The number of imidazole rings is 1. The Bertz CT molecular complexity index is 1130. The molecule has 248 valence electrons. The highest BCUT2D eigenvalue weighted by atomic mass is 16.5. The lowest BCUT2D eigenvalue weighted by Crippen LogP contribution is -2.68. The van der Waals surface area contributed by atoms with Crippen LogP contribution in [0.4, 0.5) is 5.82 Å². The molecule has 3 heterocycles. The van der Waals surface area contributed by atoms with Gasteiger partial charge in [0.1, 0.15) is 36.3 Å². The van der Waals surface area contributed by atoms with Gasteiger partial charge in [0.15, 0.2) is 17.7 Å². The number of H-pyrrole nitrogens is 1. The monoisotopic (exact) mass is 621 g/mol. The van der Waals surface area contributed by atoms with E-state index in [4.69, 9.17) is 4.74 Å². The predicted octanol–water partition coefficient (Wildman–Crippen LogP) is 1.50. The van der Waals surface area contributed by atoms with Crippen molar-refractivity contribution >= 4 is 28.8 Å². The van der Waals surface area contributed by atoms with Crippen molar-refractivity contribution in [3.63, 3.8) is 0 Å². The Balaban J connectivity index is 1.35. The second-order valence-corrected chi connectivity index (χ2v) is 12.1. The minimum Gasteiger partial charge on any atom is -0.394 e. The van der Waals surface area contributed by atoms with Crippen LogP contribution in [-0.2, 0) is 14.3 Å². The fraction of sp³-hybridized carbons (Fsp3) is 0.767. The number of rotatable bonds is 20. The topological polar surface area (TPSA) is 215 Å². The van der Waals surface area contributed by atoms with Crippen LogP contribution in [0.25, 0.3) is 11.2 Å². The molecule has 14 nitrogen and oxygen atoms in total. The molecule has 0 aliphatic carbocycles. The quantitative estimate of drug-likeness (QED) is 0.0992. The third kappa shape index (κ3) is 11.2. The van der Waals surface area contributed by atoms with Crippen molar-refractivity contribution in [2.45, 2.75) is 128 Å². The van der Waals surface area contributed by atoms with E-state index in [0.717, 1.165) is 31.6 Å². The average Bonchev–Trinajstić information content (AvgIpc) is 3.50. The molecule has 1 fully saturated rings.